The Morgan fingerprint density at radius 1 is 1.21 bits per heavy atom. The summed E-state index contributed by atoms with van der Waals surface area (Å²) in [6.07, 6.45) is 2.05. The average molecular weight is 324 g/mol. The van der Waals surface area contributed by atoms with Gasteiger partial charge in [-0.15, -0.1) is 0 Å². The van der Waals surface area contributed by atoms with Crippen LogP contribution in [-0.2, 0) is 16.1 Å². The number of anilines is 2. The van der Waals surface area contributed by atoms with Crippen molar-refractivity contribution in [2.45, 2.75) is 19.5 Å². The van der Waals surface area contributed by atoms with E-state index in [1.54, 1.807) is 0 Å². The number of hydrogen-bond acceptors (Lipinski definition) is 3. The minimum Gasteiger partial charge on any atom is -0.351 e. The second-order valence-electron chi connectivity index (χ2n) is 6.31. The number of para-hydroxylation sites is 2. The van der Waals surface area contributed by atoms with Crippen molar-refractivity contribution in [3.8, 4) is 0 Å². The number of hydrogen-bond donors (Lipinski definition) is 1. The molecular formula is C18H20N4O2. The molecule has 0 spiro atoms. The number of rotatable bonds is 2. The molecule has 1 aromatic carbocycles. The van der Waals surface area contributed by atoms with Gasteiger partial charge in [-0.1, -0.05) is 12.1 Å². The van der Waals surface area contributed by atoms with Crippen molar-refractivity contribution >= 4 is 23.2 Å². The maximum absolute atomic E-state index is 12.9. The lowest BCUT2D eigenvalue weighted by atomic mass is 10.1. The van der Waals surface area contributed by atoms with Gasteiger partial charge in [0.25, 0.3) is 0 Å². The van der Waals surface area contributed by atoms with Crippen molar-refractivity contribution in [2.75, 3.05) is 29.9 Å². The third-order valence-electron chi connectivity index (χ3n) is 4.84. The molecule has 0 radical (unpaired) electrons. The van der Waals surface area contributed by atoms with Gasteiger partial charge >= 0.3 is 0 Å². The summed E-state index contributed by atoms with van der Waals surface area (Å²) in [6.45, 7) is 4.00. The first-order chi connectivity index (χ1) is 11.6. The maximum atomic E-state index is 12.9. The van der Waals surface area contributed by atoms with Crippen LogP contribution in [0.25, 0.3) is 0 Å². The zero-order valence-corrected chi connectivity index (χ0v) is 13.6. The molecule has 1 atom stereocenters. The Balaban J connectivity index is 1.54. The SMILES string of the molecule is C[C@@H]1c2cccn2CCN1C(=O)CN1CC(=O)Nc2ccccc21. The standard InChI is InChI=1S/C18H20N4O2/c1-13-15-7-4-8-20(15)9-10-22(13)18(24)12-21-11-17(23)19-14-5-2-3-6-16(14)21/h2-8,13H,9-12H2,1H3,(H,19,23)/t13-/m1/s1. The quantitative estimate of drug-likeness (QED) is 0.917. The molecule has 1 aromatic heterocycles. The summed E-state index contributed by atoms with van der Waals surface area (Å²) in [7, 11) is 0. The van der Waals surface area contributed by atoms with Crippen LogP contribution in [0.15, 0.2) is 42.6 Å². The van der Waals surface area contributed by atoms with E-state index in [4.69, 9.17) is 0 Å². The average Bonchev–Trinajstić information content (AvgIpc) is 3.04. The summed E-state index contributed by atoms with van der Waals surface area (Å²) in [5.41, 5.74) is 2.83. The number of amides is 2. The number of carbonyl (C=O) groups excluding carboxylic acids is 2. The Labute approximate surface area is 140 Å². The largest absolute Gasteiger partial charge is 0.351 e. The van der Waals surface area contributed by atoms with Crippen LogP contribution in [0.2, 0.25) is 0 Å². The molecule has 0 fully saturated rings. The lowest BCUT2D eigenvalue weighted by molar-refractivity contribution is -0.132. The Morgan fingerprint density at radius 2 is 2.04 bits per heavy atom. The monoisotopic (exact) mass is 324 g/mol. The fourth-order valence-corrected chi connectivity index (χ4v) is 3.62. The molecular weight excluding hydrogens is 304 g/mol. The van der Waals surface area contributed by atoms with Gasteiger partial charge in [0.05, 0.1) is 30.5 Å². The number of benzene rings is 1. The topological polar surface area (TPSA) is 57.6 Å². The first-order valence-corrected chi connectivity index (χ1v) is 8.22. The van der Waals surface area contributed by atoms with Gasteiger partial charge in [-0.05, 0) is 31.2 Å². The Bertz CT molecular complexity index is 798. The van der Waals surface area contributed by atoms with Crippen molar-refractivity contribution < 1.29 is 9.59 Å². The normalized spacial score (nSPS) is 19.5. The number of nitrogens with one attached hydrogen (secondary N) is 1. The van der Waals surface area contributed by atoms with E-state index in [-0.39, 0.29) is 30.9 Å². The van der Waals surface area contributed by atoms with Crippen molar-refractivity contribution in [3.63, 3.8) is 0 Å². The molecule has 24 heavy (non-hydrogen) atoms. The van der Waals surface area contributed by atoms with Crippen molar-refractivity contribution in [1.29, 1.82) is 0 Å². The zero-order valence-electron chi connectivity index (χ0n) is 13.6. The summed E-state index contributed by atoms with van der Waals surface area (Å²) in [4.78, 5) is 28.5. The van der Waals surface area contributed by atoms with E-state index in [0.717, 1.165) is 23.6 Å². The van der Waals surface area contributed by atoms with E-state index < -0.39 is 0 Å². The van der Waals surface area contributed by atoms with Crippen LogP contribution >= 0.6 is 0 Å². The molecule has 4 rings (SSSR count). The first-order valence-electron chi connectivity index (χ1n) is 8.22. The zero-order chi connectivity index (χ0) is 16.7. The smallest absolute Gasteiger partial charge is 0.243 e. The van der Waals surface area contributed by atoms with Gasteiger partial charge in [0.2, 0.25) is 11.8 Å². The predicted molar refractivity (Wildman–Crippen MR) is 91.8 cm³/mol. The van der Waals surface area contributed by atoms with Gasteiger partial charge in [0, 0.05) is 25.0 Å². The van der Waals surface area contributed by atoms with Crippen LogP contribution in [0.5, 0.6) is 0 Å². The molecule has 0 bridgehead atoms. The minimum atomic E-state index is -0.0814. The van der Waals surface area contributed by atoms with E-state index in [2.05, 4.69) is 29.1 Å². The van der Waals surface area contributed by atoms with Crippen LogP contribution in [-0.4, -0.2) is 40.9 Å². The van der Waals surface area contributed by atoms with E-state index in [0.29, 0.717) is 6.54 Å². The highest BCUT2D eigenvalue weighted by Gasteiger charge is 2.30. The highest BCUT2D eigenvalue weighted by molar-refractivity contribution is 6.02. The number of fused-ring (bicyclic) bond motifs is 2. The molecule has 0 unspecified atom stereocenters. The molecule has 0 aliphatic carbocycles. The molecule has 2 aliphatic rings. The van der Waals surface area contributed by atoms with Gasteiger partial charge in [-0.25, -0.2) is 0 Å². The van der Waals surface area contributed by atoms with E-state index in [1.165, 1.54) is 0 Å². The first kappa shape index (κ1) is 14.8. The highest BCUT2D eigenvalue weighted by atomic mass is 16.2. The third kappa shape index (κ3) is 2.44. The van der Waals surface area contributed by atoms with E-state index in [1.807, 2.05) is 40.1 Å². The second-order valence-corrected chi connectivity index (χ2v) is 6.31. The molecule has 124 valence electrons. The lowest BCUT2D eigenvalue weighted by Gasteiger charge is -2.37. The highest BCUT2D eigenvalue weighted by Crippen LogP contribution is 2.30. The van der Waals surface area contributed by atoms with Crippen LogP contribution in [0.3, 0.4) is 0 Å². The van der Waals surface area contributed by atoms with Gasteiger partial charge < -0.3 is 19.7 Å². The Kier molecular flexibility index (Phi) is 3.52. The summed E-state index contributed by atoms with van der Waals surface area (Å²) >= 11 is 0. The fourth-order valence-electron chi connectivity index (χ4n) is 3.62. The molecule has 3 heterocycles. The molecule has 2 amide bonds. The van der Waals surface area contributed by atoms with Gasteiger partial charge in [-0.3, -0.25) is 9.59 Å². The van der Waals surface area contributed by atoms with Gasteiger partial charge in [-0.2, -0.15) is 0 Å². The number of aromatic nitrogens is 1. The predicted octanol–water partition coefficient (Wildman–Crippen LogP) is 1.85. The van der Waals surface area contributed by atoms with Crippen molar-refractivity contribution in [2.24, 2.45) is 0 Å². The van der Waals surface area contributed by atoms with Crippen LogP contribution in [0.1, 0.15) is 18.7 Å². The molecule has 6 heteroatoms. The van der Waals surface area contributed by atoms with Crippen LogP contribution in [0.4, 0.5) is 11.4 Å². The van der Waals surface area contributed by atoms with Crippen LogP contribution < -0.4 is 10.2 Å². The molecule has 2 aliphatic heterocycles. The summed E-state index contributed by atoms with van der Waals surface area (Å²) in [6, 6.07) is 11.7. The van der Waals surface area contributed by atoms with E-state index >= 15 is 0 Å². The van der Waals surface area contributed by atoms with Crippen LogP contribution in [0, 0.1) is 0 Å². The minimum absolute atomic E-state index is 0.0510. The maximum Gasteiger partial charge on any atom is 0.243 e. The summed E-state index contributed by atoms with van der Waals surface area (Å²) in [5.74, 6) is -0.0264. The Morgan fingerprint density at radius 3 is 2.92 bits per heavy atom. The molecule has 6 nitrogen and oxygen atoms in total. The molecule has 0 saturated carbocycles. The third-order valence-corrected chi connectivity index (χ3v) is 4.84. The molecule has 1 N–H and O–H groups in total. The summed E-state index contributed by atoms with van der Waals surface area (Å²) in [5, 5.41) is 2.85. The molecule has 2 aromatic rings. The van der Waals surface area contributed by atoms with Crippen molar-refractivity contribution in [1.82, 2.24) is 9.47 Å². The van der Waals surface area contributed by atoms with Crippen molar-refractivity contribution in [3.05, 3.63) is 48.3 Å². The lowest BCUT2D eigenvalue weighted by Crippen LogP contribution is -2.48. The number of nitrogens with zero attached hydrogens (tertiary/aromatic N) is 3. The Hall–Kier alpha value is -2.76. The van der Waals surface area contributed by atoms with E-state index in [9.17, 15) is 9.59 Å². The fraction of sp³-hybridized carbons (Fsp3) is 0.333. The molecule has 0 saturated heterocycles. The summed E-state index contributed by atoms with van der Waals surface area (Å²) < 4.78 is 2.19. The number of carbonyl (C=O) groups is 2. The van der Waals surface area contributed by atoms with Gasteiger partial charge in [0.15, 0.2) is 0 Å². The second kappa shape index (κ2) is 5.70. The van der Waals surface area contributed by atoms with Gasteiger partial charge in [0.1, 0.15) is 0 Å².